The Morgan fingerprint density at radius 1 is 1.19 bits per heavy atom. The van der Waals surface area contributed by atoms with Gasteiger partial charge < -0.3 is 9.88 Å². The number of carbonyl (C=O) groups is 1. The molecule has 0 aliphatic heterocycles. The molecule has 1 amide bonds. The van der Waals surface area contributed by atoms with Gasteiger partial charge in [-0.25, -0.2) is 4.98 Å². The number of unbranched alkanes of at least 4 members (excludes halogenated alkanes) is 2. The van der Waals surface area contributed by atoms with Crippen LogP contribution in [-0.2, 0) is 17.8 Å². The minimum absolute atomic E-state index is 0.265. The summed E-state index contributed by atoms with van der Waals surface area (Å²) in [5.41, 5.74) is 3.40. The van der Waals surface area contributed by atoms with Gasteiger partial charge in [0.25, 0.3) is 0 Å². The smallest absolute Gasteiger partial charge is 0.223 e. The van der Waals surface area contributed by atoms with Crippen molar-refractivity contribution in [3.63, 3.8) is 0 Å². The zero-order chi connectivity index (χ0) is 19.1. The zero-order valence-corrected chi connectivity index (χ0v) is 16.7. The maximum absolute atomic E-state index is 12.2. The number of aryl methyl sites for hydroxylation is 1. The predicted molar refractivity (Wildman–Crippen MR) is 112 cm³/mol. The van der Waals surface area contributed by atoms with Crippen LogP contribution in [0.1, 0.15) is 64.1 Å². The highest BCUT2D eigenvalue weighted by Gasteiger charge is 2.20. The van der Waals surface area contributed by atoms with Crippen LogP contribution in [0, 0.1) is 5.92 Å². The zero-order valence-electron chi connectivity index (χ0n) is 16.7. The minimum Gasteiger partial charge on any atom is -0.356 e. The van der Waals surface area contributed by atoms with Crippen LogP contribution in [0.4, 0.5) is 0 Å². The van der Waals surface area contributed by atoms with Gasteiger partial charge in [0.2, 0.25) is 5.91 Å². The van der Waals surface area contributed by atoms with E-state index in [0.717, 1.165) is 68.5 Å². The van der Waals surface area contributed by atoms with Crippen molar-refractivity contribution in [2.45, 2.75) is 71.3 Å². The summed E-state index contributed by atoms with van der Waals surface area (Å²) in [5.74, 6) is 1.68. The fraction of sp³-hybridized carbons (Fsp3) is 0.565. The molecule has 4 heteroatoms. The molecule has 0 bridgehead atoms. The van der Waals surface area contributed by atoms with Crippen molar-refractivity contribution >= 4 is 16.9 Å². The van der Waals surface area contributed by atoms with Crippen molar-refractivity contribution in [1.29, 1.82) is 0 Å². The van der Waals surface area contributed by atoms with Crippen LogP contribution < -0.4 is 5.32 Å². The van der Waals surface area contributed by atoms with E-state index in [1.54, 1.807) is 0 Å². The van der Waals surface area contributed by atoms with Crippen molar-refractivity contribution in [2.24, 2.45) is 5.92 Å². The summed E-state index contributed by atoms with van der Waals surface area (Å²) >= 11 is 0. The number of allylic oxidation sites excluding steroid dienone is 1. The van der Waals surface area contributed by atoms with E-state index in [0.29, 0.717) is 0 Å². The third kappa shape index (κ3) is 5.44. The molecule has 1 heterocycles. The van der Waals surface area contributed by atoms with Gasteiger partial charge in [0.05, 0.1) is 11.0 Å². The number of rotatable bonds is 9. The van der Waals surface area contributed by atoms with E-state index in [1.807, 2.05) is 6.07 Å². The van der Waals surface area contributed by atoms with Crippen molar-refractivity contribution in [1.82, 2.24) is 14.9 Å². The van der Waals surface area contributed by atoms with Crippen LogP contribution in [0.15, 0.2) is 36.4 Å². The molecule has 3 rings (SSSR count). The number of amides is 1. The van der Waals surface area contributed by atoms with Gasteiger partial charge in [0.15, 0.2) is 0 Å². The average Bonchev–Trinajstić information content (AvgIpc) is 3.02. The van der Waals surface area contributed by atoms with E-state index in [-0.39, 0.29) is 11.8 Å². The summed E-state index contributed by atoms with van der Waals surface area (Å²) in [6.07, 6.45) is 10.1. The first-order valence-electron chi connectivity index (χ1n) is 10.5. The lowest BCUT2D eigenvalue weighted by molar-refractivity contribution is -0.125. The van der Waals surface area contributed by atoms with Gasteiger partial charge in [0, 0.05) is 25.4 Å². The monoisotopic (exact) mass is 367 g/mol. The molecule has 1 aromatic carbocycles. The molecule has 2 aromatic rings. The number of fused-ring (bicyclic) bond motifs is 1. The Labute approximate surface area is 163 Å². The molecule has 1 N–H and O–H groups in total. The first kappa shape index (κ1) is 19.7. The number of nitrogens with one attached hydrogen (secondary N) is 1. The SMILES string of the molecule is C=C(C)Cn1c(CCCCCNC(=O)C2CCCCC2)nc2ccccc21. The summed E-state index contributed by atoms with van der Waals surface area (Å²) in [6, 6.07) is 8.32. The molecule has 0 spiro atoms. The number of aromatic nitrogens is 2. The average molecular weight is 368 g/mol. The largest absolute Gasteiger partial charge is 0.356 e. The Hall–Kier alpha value is -2.10. The standard InChI is InChI=1S/C23H33N3O/c1-18(2)17-26-21-14-9-8-13-20(21)25-22(26)15-7-4-10-16-24-23(27)19-11-5-3-6-12-19/h8-9,13-14,19H,1,3-7,10-12,15-17H2,2H3,(H,24,27). The Kier molecular flexibility index (Phi) is 7.08. The van der Waals surface area contributed by atoms with Crippen molar-refractivity contribution in [2.75, 3.05) is 6.54 Å². The van der Waals surface area contributed by atoms with Crippen molar-refractivity contribution in [3.05, 3.63) is 42.2 Å². The summed E-state index contributed by atoms with van der Waals surface area (Å²) in [6.45, 7) is 7.76. The number of para-hydroxylation sites is 2. The fourth-order valence-corrected chi connectivity index (χ4v) is 4.07. The number of carbonyl (C=O) groups excluding carboxylic acids is 1. The molecule has 1 fully saturated rings. The molecule has 0 saturated heterocycles. The van der Waals surface area contributed by atoms with Crippen LogP contribution in [-0.4, -0.2) is 22.0 Å². The number of imidazole rings is 1. The highest BCUT2D eigenvalue weighted by molar-refractivity contribution is 5.78. The van der Waals surface area contributed by atoms with E-state index in [9.17, 15) is 4.79 Å². The molecule has 0 radical (unpaired) electrons. The third-order valence-electron chi connectivity index (χ3n) is 5.51. The van der Waals surface area contributed by atoms with E-state index in [4.69, 9.17) is 4.98 Å². The van der Waals surface area contributed by atoms with Gasteiger partial charge >= 0.3 is 0 Å². The molecule has 1 aliphatic carbocycles. The number of hydrogen-bond donors (Lipinski definition) is 1. The van der Waals surface area contributed by atoms with Gasteiger partial charge in [-0.15, -0.1) is 0 Å². The summed E-state index contributed by atoms with van der Waals surface area (Å²) in [7, 11) is 0. The second-order valence-corrected chi connectivity index (χ2v) is 8.00. The molecule has 1 aromatic heterocycles. The lowest BCUT2D eigenvalue weighted by atomic mass is 9.89. The first-order valence-corrected chi connectivity index (χ1v) is 10.5. The second-order valence-electron chi connectivity index (χ2n) is 8.00. The van der Waals surface area contributed by atoms with Crippen LogP contribution in [0.3, 0.4) is 0 Å². The topological polar surface area (TPSA) is 46.9 Å². The van der Waals surface area contributed by atoms with Gasteiger partial charge in [-0.1, -0.05) is 50.0 Å². The fourth-order valence-electron chi connectivity index (χ4n) is 4.07. The number of benzene rings is 1. The molecule has 27 heavy (non-hydrogen) atoms. The van der Waals surface area contributed by atoms with Crippen molar-refractivity contribution < 1.29 is 4.79 Å². The molecule has 146 valence electrons. The van der Waals surface area contributed by atoms with E-state index < -0.39 is 0 Å². The Balaban J connectivity index is 1.43. The predicted octanol–water partition coefficient (Wildman–Crippen LogP) is 5.02. The molecule has 1 saturated carbocycles. The van der Waals surface area contributed by atoms with Gasteiger partial charge in [0.1, 0.15) is 5.82 Å². The van der Waals surface area contributed by atoms with Gasteiger partial charge in [-0.2, -0.15) is 0 Å². The maximum Gasteiger partial charge on any atom is 0.223 e. The van der Waals surface area contributed by atoms with Crippen molar-refractivity contribution in [3.8, 4) is 0 Å². The van der Waals surface area contributed by atoms with Crippen LogP contribution in [0.5, 0.6) is 0 Å². The Morgan fingerprint density at radius 3 is 2.74 bits per heavy atom. The van der Waals surface area contributed by atoms with Crippen LogP contribution in [0.2, 0.25) is 0 Å². The van der Waals surface area contributed by atoms with E-state index in [2.05, 4.69) is 41.6 Å². The molecule has 0 unspecified atom stereocenters. The van der Waals surface area contributed by atoms with E-state index in [1.165, 1.54) is 24.8 Å². The van der Waals surface area contributed by atoms with Crippen LogP contribution in [0.25, 0.3) is 11.0 Å². The molecule has 0 atom stereocenters. The molecule has 1 aliphatic rings. The highest BCUT2D eigenvalue weighted by atomic mass is 16.1. The Morgan fingerprint density at radius 2 is 1.96 bits per heavy atom. The molecule has 4 nitrogen and oxygen atoms in total. The summed E-state index contributed by atoms with van der Waals surface area (Å²) in [4.78, 5) is 17.0. The summed E-state index contributed by atoms with van der Waals surface area (Å²) in [5, 5.41) is 3.14. The third-order valence-corrected chi connectivity index (χ3v) is 5.51. The second kappa shape index (κ2) is 9.72. The highest BCUT2D eigenvalue weighted by Crippen LogP contribution is 2.23. The maximum atomic E-state index is 12.2. The van der Waals surface area contributed by atoms with Gasteiger partial charge in [-0.3, -0.25) is 4.79 Å². The quantitative estimate of drug-likeness (QED) is 0.499. The lowest BCUT2D eigenvalue weighted by Crippen LogP contribution is -2.32. The number of nitrogens with zero attached hydrogens (tertiary/aromatic N) is 2. The van der Waals surface area contributed by atoms with Gasteiger partial charge in [-0.05, 0) is 44.7 Å². The first-order chi connectivity index (χ1) is 13.1. The minimum atomic E-state index is 0.265. The Bertz CT molecular complexity index is 771. The summed E-state index contributed by atoms with van der Waals surface area (Å²) < 4.78 is 2.29. The lowest BCUT2D eigenvalue weighted by Gasteiger charge is -2.20. The normalized spacial score (nSPS) is 15.1. The van der Waals surface area contributed by atoms with E-state index >= 15 is 0 Å². The molecular formula is C23H33N3O. The number of hydrogen-bond acceptors (Lipinski definition) is 2. The van der Waals surface area contributed by atoms with Crippen LogP contribution >= 0.6 is 0 Å². The molecular weight excluding hydrogens is 334 g/mol.